The van der Waals surface area contributed by atoms with Crippen LogP contribution in [0.15, 0.2) is 54.6 Å². The Morgan fingerprint density at radius 1 is 1.11 bits per heavy atom. The summed E-state index contributed by atoms with van der Waals surface area (Å²) < 4.78 is 0. The number of nitrogens with one attached hydrogen (secondary N) is 1. The number of nitrogens with zero attached hydrogens (tertiary/aromatic N) is 1. The summed E-state index contributed by atoms with van der Waals surface area (Å²) >= 11 is 0. The molecule has 0 radical (unpaired) electrons. The fourth-order valence-electron chi connectivity index (χ4n) is 3.02. The van der Waals surface area contributed by atoms with Crippen molar-refractivity contribution in [1.29, 1.82) is 5.41 Å². The molecule has 0 aliphatic carbocycles. The number of aliphatic hydroxyl groups excluding tert-OH is 2. The molecule has 0 saturated carbocycles. The zero-order chi connectivity index (χ0) is 20.6. The Labute approximate surface area is 166 Å². The lowest BCUT2D eigenvalue weighted by atomic mass is 10.0. The predicted molar refractivity (Wildman–Crippen MR) is 111 cm³/mol. The van der Waals surface area contributed by atoms with Crippen LogP contribution in [0.1, 0.15) is 34.8 Å². The van der Waals surface area contributed by atoms with Crippen LogP contribution in [0, 0.1) is 5.41 Å². The van der Waals surface area contributed by atoms with Crippen molar-refractivity contribution in [3.05, 3.63) is 71.3 Å². The Balaban J connectivity index is 0.000000261. The zero-order valence-corrected chi connectivity index (χ0v) is 16.3. The number of hydrogen-bond donors (Lipinski definition) is 4. The van der Waals surface area contributed by atoms with Crippen molar-refractivity contribution in [3.8, 4) is 0 Å². The fourth-order valence-corrected chi connectivity index (χ4v) is 3.02. The number of aliphatic hydroxyl groups is 2. The second kappa shape index (κ2) is 10.1. The number of benzene rings is 2. The van der Waals surface area contributed by atoms with Crippen LogP contribution >= 0.6 is 0 Å². The molecule has 6 nitrogen and oxygen atoms in total. The first-order chi connectivity index (χ1) is 13.4. The number of nitrogens with two attached hydrogens (primary N) is 1. The number of rotatable bonds is 5. The van der Waals surface area contributed by atoms with E-state index in [4.69, 9.17) is 16.2 Å². The highest BCUT2D eigenvalue weighted by Gasteiger charge is 2.36. The highest BCUT2D eigenvalue weighted by atomic mass is 16.3. The lowest BCUT2D eigenvalue weighted by Gasteiger charge is -2.22. The van der Waals surface area contributed by atoms with Gasteiger partial charge in [0.25, 0.3) is 5.91 Å². The van der Waals surface area contributed by atoms with Crippen LogP contribution in [0.5, 0.6) is 0 Å². The predicted octanol–water partition coefficient (Wildman–Crippen LogP) is 1.83. The molecule has 6 heteroatoms. The molecule has 5 N–H and O–H groups in total. The molecule has 3 rings (SSSR count). The van der Waals surface area contributed by atoms with Gasteiger partial charge in [0.1, 0.15) is 0 Å². The Morgan fingerprint density at radius 2 is 1.71 bits per heavy atom. The van der Waals surface area contributed by atoms with Gasteiger partial charge in [-0.05, 0) is 43.0 Å². The Hall–Kier alpha value is -2.54. The standard InChI is InChI=1S/C14H19N3O2.C8H10O/c1-10(15)11-2-4-12(5-3-11)13(19)17-7-6-14(16,8-17)9-18;9-7-6-8-4-2-1-3-5-8/h2-5,15,18H,6-9,16H2,1H3;1-5,9H,6-7H2. The van der Waals surface area contributed by atoms with Crippen molar-refractivity contribution in [3.63, 3.8) is 0 Å². The molecule has 1 aliphatic rings. The molecule has 1 unspecified atom stereocenters. The molecule has 1 amide bonds. The summed E-state index contributed by atoms with van der Waals surface area (Å²) in [7, 11) is 0. The van der Waals surface area contributed by atoms with E-state index in [1.165, 1.54) is 5.56 Å². The molecule has 0 aromatic heterocycles. The lowest BCUT2D eigenvalue weighted by Crippen LogP contribution is -2.46. The maximum absolute atomic E-state index is 12.3. The van der Waals surface area contributed by atoms with E-state index < -0.39 is 5.54 Å². The third-order valence-corrected chi connectivity index (χ3v) is 4.80. The van der Waals surface area contributed by atoms with E-state index in [-0.39, 0.29) is 19.1 Å². The van der Waals surface area contributed by atoms with Gasteiger partial charge in [0.05, 0.1) is 12.1 Å². The highest BCUT2D eigenvalue weighted by molar-refractivity contribution is 5.99. The summed E-state index contributed by atoms with van der Waals surface area (Å²) in [6.07, 6.45) is 1.38. The number of likely N-dealkylation sites (tertiary alicyclic amines) is 1. The SMILES string of the molecule is CC(=N)c1ccc(C(=O)N2CCC(N)(CO)C2)cc1.OCCc1ccccc1. The van der Waals surface area contributed by atoms with Crippen LogP contribution in [0.2, 0.25) is 0 Å². The third-order valence-electron chi connectivity index (χ3n) is 4.80. The van der Waals surface area contributed by atoms with Gasteiger partial charge in [0.2, 0.25) is 0 Å². The van der Waals surface area contributed by atoms with E-state index in [1.54, 1.807) is 36.1 Å². The van der Waals surface area contributed by atoms with E-state index in [9.17, 15) is 9.90 Å². The first-order valence-corrected chi connectivity index (χ1v) is 9.38. The second-order valence-corrected chi connectivity index (χ2v) is 7.16. The molecule has 1 saturated heterocycles. The minimum Gasteiger partial charge on any atom is -0.396 e. The molecule has 0 bridgehead atoms. The molecule has 0 spiro atoms. The molecular formula is C22H29N3O3. The normalized spacial score (nSPS) is 18.4. The first kappa shape index (κ1) is 21.8. The number of carbonyl (C=O) groups is 1. The molecule has 28 heavy (non-hydrogen) atoms. The van der Waals surface area contributed by atoms with Crippen LogP contribution < -0.4 is 5.73 Å². The Morgan fingerprint density at radius 3 is 2.21 bits per heavy atom. The van der Waals surface area contributed by atoms with Gasteiger partial charge in [-0.1, -0.05) is 42.5 Å². The lowest BCUT2D eigenvalue weighted by molar-refractivity contribution is 0.0775. The van der Waals surface area contributed by atoms with Gasteiger partial charge in [-0.3, -0.25) is 4.79 Å². The van der Waals surface area contributed by atoms with Crippen molar-refractivity contribution in [2.75, 3.05) is 26.3 Å². The summed E-state index contributed by atoms with van der Waals surface area (Å²) in [5.41, 5.74) is 8.36. The molecule has 2 aromatic carbocycles. The number of hydrogen-bond acceptors (Lipinski definition) is 5. The minimum absolute atomic E-state index is 0.0741. The topological polar surface area (TPSA) is 111 Å². The molecule has 1 aliphatic heterocycles. The molecule has 2 aromatic rings. The van der Waals surface area contributed by atoms with Crippen LogP contribution in [-0.2, 0) is 6.42 Å². The van der Waals surface area contributed by atoms with Gasteiger partial charge in [-0.2, -0.15) is 0 Å². The van der Waals surface area contributed by atoms with E-state index in [2.05, 4.69) is 0 Å². The molecular weight excluding hydrogens is 354 g/mol. The zero-order valence-electron chi connectivity index (χ0n) is 16.3. The summed E-state index contributed by atoms with van der Waals surface area (Å²) in [5.74, 6) is -0.0741. The van der Waals surface area contributed by atoms with Gasteiger partial charge in [-0.25, -0.2) is 0 Å². The van der Waals surface area contributed by atoms with E-state index in [0.29, 0.717) is 30.8 Å². The summed E-state index contributed by atoms with van der Waals surface area (Å²) in [4.78, 5) is 13.9. The maximum atomic E-state index is 12.3. The van der Waals surface area contributed by atoms with Crippen molar-refractivity contribution in [1.82, 2.24) is 4.90 Å². The van der Waals surface area contributed by atoms with Gasteiger partial charge >= 0.3 is 0 Å². The average molecular weight is 383 g/mol. The van der Waals surface area contributed by atoms with Crippen molar-refractivity contribution < 1.29 is 15.0 Å². The number of carbonyl (C=O) groups excluding carboxylic acids is 1. The molecule has 1 fully saturated rings. The minimum atomic E-state index is -0.666. The van der Waals surface area contributed by atoms with Gasteiger partial charge < -0.3 is 26.3 Å². The van der Waals surface area contributed by atoms with E-state index >= 15 is 0 Å². The number of amides is 1. The molecule has 1 heterocycles. The van der Waals surface area contributed by atoms with E-state index in [1.807, 2.05) is 30.3 Å². The smallest absolute Gasteiger partial charge is 0.253 e. The van der Waals surface area contributed by atoms with Crippen molar-refractivity contribution in [2.45, 2.75) is 25.3 Å². The van der Waals surface area contributed by atoms with Crippen molar-refractivity contribution in [2.24, 2.45) is 5.73 Å². The summed E-state index contributed by atoms with van der Waals surface area (Å²) in [6, 6.07) is 16.9. The van der Waals surface area contributed by atoms with Crippen LogP contribution in [0.4, 0.5) is 0 Å². The van der Waals surface area contributed by atoms with Crippen LogP contribution in [0.3, 0.4) is 0 Å². The second-order valence-electron chi connectivity index (χ2n) is 7.16. The highest BCUT2D eigenvalue weighted by Crippen LogP contribution is 2.20. The van der Waals surface area contributed by atoms with Crippen LogP contribution in [0.25, 0.3) is 0 Å². The monoisotopic (exact) mass is 383 g/mol. The third kappa shape index (κ3) is 5.99. The van der Waals surface area contributed by atoms with Crippen LogP contribution in [-0.4, -0.2) is 58.6 Å². The van der Waals surface area contributed by atoms with Crippen molar-refractivity contribution >= 4 is 11.6 Å². The van der Waals surface area contributed by atoms with Gasteiger partial charge in [-0.15, -0.1) is 0 Å². The molecule has 1 atom stereocenters. The Bertz CT molecular complexity index is 777. The molecule has 150 valence electrons. The van der Waals surface area contributed by atoms with Gasteiger partial charge in [0.15, 0.2) is 0 Å². The summed E-state index contributed by atoms with van der Waals surface area (Å²) in [5, 5.41) is 25.2. The summed E-state index contributed by atoms with van der Waals surface area (Å²) in [6.45, 7) is 2.79. The Kier molecular flexibility index (Phi) is 7.87. The van der Waals surface area contributed by atoms with Gasteiger partial charge in [0, 0.05) is 31.0 Å². The van der Waals surface area contributed by atoms with E-state index in [0.717, 1.165) is 12.0 Å². The fraction of sp³-hybridized carbons (Fsp3) is 0.364. The quantitative estimate of drug-likeness (QED) is 0.590. The maximum Gasteiger partial charge on any atom is 0.253 e. The average Bonchev–Trinajstić information content (AvgIpc) is 3.12. The first-order valence-electron chi connectivity index (χ1n) is 9.38. The largest absolute Gasteiger partial charge is 0.396 e.